The van der Waals surface area contributed by atoms with Crippen molar-refractivity contribution in [3.05, 3.63) is 35.9 Å². The number of amides is 1. The Morgan fingerprint density at radius 2 is 1.81 bits per heavy atom. The maximum atomic E-state index is 12.7. The number of nitrogens with zero attached hydrogens (tertiary/aromatic N) is 1. The van der Waals surface area contributed by atoms with Gasteiger partial charge in [-0.3, -0.25) is 9.59 Å². The molecule has 1 atom stereocenters. The van der Waals surface area contributed by atoms with Crippen molar-refractivity contribution in [2.75, 3.05) is 0 Å². The average molecular weight is 360 g/mol. The van der Waals surface area contributed by atoms with Crippen LogP contribution < -0.4 is 5.73 Å². The second kappa shape index (κ2) is 10.3. The van der Waals surface area contributed by atoms with E-state index in [1.54, 1.807) is 4.90 Å². The van der Waals surface area contributed by atoms with E-state index in [1.807, 2.05) is 44.2 Å². The normalized spacial score (nSPS) is 16.3. The summed E-state index contributed by atoms with van der Waals surface area (Å²) in [5.74, 6) is -0.353. The van der Waals surface area contributed by atoms with E-state index in [0.717, 1.165) is 31.2 Å². The first kappa shape index (κ1) is 20.4. The van der Waals surface area contributed by atoms with Gasteiger partial charge in [-0.2, -0.15) is 0 Å². The van der Waals surface area contributed by atoms with Gasteiger partial charge < -0.3 is 15.4 Å². The Morgan fingerprint density at radius 1 is 1.15 bits per heavy atom. The summed E-state index contributed by atoms with van der Waals surface area (Å²) in [6.07, 6.45) is 5.94. The van der Waals surface area contributed by atoms with Gasteiger partial charge in [-0.25, -0.2) is 0 Å². The Kier molecular flexibility index (Phi) is 8.10. The van der Waals surface area contributed by atoms with E-state index in [-0.39, 0.29) is 30.4 Å². The molecule has 2 N–H and O–H groups in total. The summed E-state index contributed by atoms with van der Waals surface area (Å²) in [4.78, 5) is 26.5. The molecule has 1 amide bonds. The number of ether oxygens (including phenoxy) is 1. The van der Waals surface area contributed by atoms with E-state index in [9.17, 15) is 9.59 Å². The second-order valence-electron chi connectivity index (χ2n) is 7.44. The van der Waals surface area contributed by atoms with Crippen molar-refractivity contribution in [1.29, 1.82) is 0 Å². The molecule has 5 nitrogen and oxygen atoms in total. The lowest BCUT2D eigenvalue weighted by Gasteiger charge is -2.29. The second-order valence-corrected chi connectivity index (χ2v) is 7.44. The molecule has 0 spiro atoms. The lowest BCUT2D eigenvalue weighted by molar-refractivity contribution is -0.150. The molecule has 1 aliphatic rings. The Balaban J connectivity index is 1.82. The van der Waals surface area contributed by atoms with Crippen LogP contribution in [0.4, 0.5) is 0 Å². The monoisotopic (exact) mass is 360 g/mol. The highest BCUT2D eigenvalue weighted by Gasteiger charge is 2.25. The van der Waals surface area contributed by atoms with Crippen LogP contribution in [0.1, 0.15) is 64.4 Å². The molecule has 26 heavy (non-hydrogen) atoms. The highest BCUT2D eigenvalue weighted by molar-refractivity contribution is 5.82. The minimum absolute atomic E-state index is 0.0444. The first-order valence-corrected chi connectivity index (χ1v) is 9.77. The maximum Gasteiger partial charge on any atom is 0.306 e. The van der Waals surface area contributed by atoms with Crippen molar-refractivity contribution in [2.24, 2.45) is 5.73 Å². The zero-order valence-corrected chi connectivity index (χ0v) is 16.0. The highest BCUT2D eigenvalue weighted by atomic mass is 16.5. The molecular formula is C21H32N2O3. The summed E-state index contributed by atoms with van der Waals surface area (Å²) in [6, 6.07) is 9.22. The van der Waals surface area contributed by atoms with Crippen LogP contribution in [0.25, 0.3) is 0 Å². The molecule has 5 heteroatoms. The van der Waals surface area contributed by atoms with Gasteiger partial charge in [0.25, 0.3) is 0 Å². The lowest BCUT2D eigenvalue weighted by Crippen LogP contribution is -2.46. The Morgan fingerprint density at radius 3 is 2.42 bits per heavy atom. The van der Waals surface area contributed by atoms with Crippen LogP contribution in [-0.2, 0) is 20.9 Å². The summed E-state index contributed by atoms with van der Waals surface area (Å²) in [5, 5.41) is 0. The van der Waals surface area contributed by atoms with Crippen molar-refractivity contribution in [3.8, 4) is 0 Å². The zero-order valence-electron chi connectivity index (χ0n) is 16.0. The zero-order chi connectivity index (χ0) is 18.9. The molecule has 0 heterocycles. The van der Waals surface area contributed by atoms with E-state index >= 15 is 0 Å². The van der Waals surface area contributed by atoms with Crippen LogP contribution >= 0.6 is 0 Å². The molecule has 144 valence electrons. The fourth-order valence-corrected chi connectivity index (χ4v) is 3.33. The van der Waals surface area contributed by atoms with Gasteiger partial charge in [0.05, 0.1) is 6.04 Å². The van der Waals surface area contributed by atoms with Gasteiger partial charge in [0.15, 0.2) is 0 Å². The first-order chi connectivity index (χ1) is 12.5. The van der Waals surface area contributed by atoms with Crippen molar-refractivity contribution >= 4 is 11.9 Å². The van der Waals surface area contributed by atoms with Crippen LogP contribution in [0.5, 0.6) is 0 Å². The number of hydrogen-bond acceptors (Lipinski definition) is 4. The average Bonchev–Trinajstić information content (AvgIpc) is 2.65. The van der Waals surface area contributed by atoms with E-state index in [4.69, 9.17) is 10.5 Å². The first-order valence-electron chi connectivity index (χ1n) is 9.77. The number of carbonyl (C=O) groups is 2. The molecule has 0 unspecified atom stereocenters. The fourth-order valence-electron chi connectivity index (χ4n) is 3.33. The third-order valence-corrected chi connectivity index (χ3v) is 4.93. The predicted molar refractivity (Wildman–Crippen MR) is 102 cm³/mol. The minimum Gasteiger partial charge on any atom is -0.462 e. The molecule has 0 bridgehead atoms. The number of rotatable bonds is 8. The standard InChI is InChI=1S/C21H32N2O3/c1-16(2)23(15-17-9-5-3-6-10-17)21(25)19(22)13-14-20(24)26-18-11-7-4-8-12-18/h3,5-6,9-10,16,18-19H,4,7-8,11-15,22H2,1-2H3/t19-/m0/s1. The van der Waals surface area contributed by atoms with Crippen molar-refractivity contribution in [1.82, 2.24) is 4.90 Å². The van der Waals surface area contributed by atoms with E-state index in [1.165, 1.54) is 6.42 Å². The molecule has 2 rings (SSSR count). The van der Waals surface area contributed by atoms with Crippen LogP contribution in [0, 0.1) is 0 Å². The highest BCUT2D eigenvalue weighted by Crippen LogP contribution is 2.21. The molecule has 1 saturated carbocycles. The molecule has 0 radical (unpaired) electrons. The van der Waals surface area contributed by atoms with Crippen molar-refractivity contribution in [3.63, 3.8) is 0 Å². The summed E-state index contributed by atoms with van der Waals surface area (Å²) in [7, 11) is 0. The minimum atomic E-state index is -0.681. The number of hydrogen-bond donors (Lipinski definition) is 1. The Labute approximate surface area is 156 Å². The Hall–Kier alpha value is -1.88. The molecular weight excluding hydrogens is 328 g/mol. The summed E-state index contributed by atoms with van der Waals surface area (Å²) >= 11 is 0. The van der Waals surface area contributed by atoms with E-state index < -0.39 is 6.04 Å². The number of nitrogens with two attached hydrogens (primary N) is 1. The van der Waals surface area contributed by atoms with Gasteiger partial charge in [-0.1, -0.05) is 36.8 Å². The summed E-state index contributed by atoms with van der Waals surface area (Å²) in [6.45, 7) is 4.48. The molecule has 0 aliphatic heterocycles. The third kappa shape index (κ3) is 6.45. The van der Waals surface area contributed by atoms with Crippen molar-refractivity contribution in [2.45, 2.75) is 83.5 Å². The molecule has 1 aromatic carbocycles. The molecule has 1 aromatic rings. The van der Waals surface area contributed by atoms with Gasteiger partial charge in [-0.15, -0.1) is 0 Å². The molecule has 0 aromatic heterocycles. The fraction of sp³-hybridized carbons (Fsp3) is 0.619. The smallest absolute Gasteiger partial charge is 0.306 e. The maximum absolute atomic E-state index is 12.7. The SMILES string of the molecule is CC(C)N(Cc1ccccc1)C(=O)[C@@H](N)CCC(=O)OC1CCCCC1. The van der Waals surface area contributed by atoms with Gasteiger partial charge in [0, 0.05) is 19.0 Å². The largest absolute Gasteiger partial charge is 0.462 e. The Bertz CT molecular complexity index is 568. The predicted octanol–water partition coefficient (Wildman–Crippen LogP) is 3.41. The third-order valence-electron chi connectivity index (χ3n) is 4.93. The van der Waals surface area contributed by atoms with E-state index in [2.05, 4.69) is 0 Å². The molecule has 1 aliphatic carbocycles. The van der Waals surface area contributed by atoms with Gasteiger partial charge >= 0.3 is 5.97 Å². The quantitative estimate of drug-likeness (QED) is 0.721. The van der Waals surface area contributed by atoms with Crippen LogP contribution in [0.3, 0.4) is 0 Å². The van der Waals surface area contributed by atoms with Gasteiger partial charge in [0.1, 0.15) is 6.10 Å². The van der Waals surface area contributed by atoms with Gasteiger partial charge in [-0.05, 0) is 51.5 Å². The van der Waals surface area contributed by atoms with Crippen molar-refractivity contribution < 1.29 is 14.3 Å². The molecule has 1 fully saturated rings. The summed E-state index contributed by atoms with van der Waals surface area (Å²) < 4.78 is 5.51. The lowest BCUT2D eigenvalue weighted by atomic mass is 9.98. The number of benzene rings is 1. The number of esters is 1. The summed E-state index contributed by atoms with van der Waals surface area (Å²) in [5.41, 5.74) is 7.16. The topological polar surface area (TPSA) is 72.6 Å². The number of carbonyl (C=O) groups excluding carboxylic acids is 2. The molecule has 0 saturated heterocycles. The van der Waals surface area contributed by atoms with E-state index in [0.29, 0.717) is 13.0 Å². The van der Waals surface area contributed by atoms with Crippen LogP contribution in [-0.4, -0.2) is 35.0 Å². The van der Waals surface area contributed by atoms with Crippen LogP contribution in [0.2, 0.25) is 0 Å². The van der Waals surface area contributed by atoms with Crippen LogP contribution in [0.15, 0.2) is 30.3 Å². The van der Waals surface area contributed by atoms with Gasteiger partial charge in [0.2, 0.25) is 5.91 Å².